The first kappa shape index (κ1) is 52.8. The quantitative estimate of drug-likeness (QED) is 0.0222. The Labute approximate surface area is 352 Å². The minimum Gasteiger partial charge on any atom is -0.465 e. The van der Waals surface area contributed by atoms with Gasteiger partial charge in [-0.1, -0.05) is 105 Å². The van der Waals surface area contributed by atoms with E-state index < -0.39 is 28.9 Å². The molecule has 0 aliphatic heterocycles. The molecule has 0 saturated carbocycles. The summed E-state index contributed by atoms with van der Waals surface area (Å²) in [5.41, 5.74) is -0.156. The number of nitrogens with zero attached hydrogens (tertiary/aromatic N) is 1. The minimum atomic E-state index is -0.846. The van der Waals surface area contributed by atoms with Crippen molar-refractivity contribution in [3.63, 3.8) is 0 Å². The molecule has 1 rings (SSSR count). The lowest BCUT2D eigenvalue weighted by Crippen LogP contribution is -2.36. The van der Waals surface area contributed by atoms with Crippen molar-refractivity contribution in [2.24, 2.45) is 17.8 Å². The van der Waals surface area contributed by atoms with Crippen LogP contribution in [0.15, 0.2) is 24.3 Å². The third kappa shape index (κ3) is 27.2. The first-order valence-electron chi connectivity index (χ1n) is 22.4. The first-order chi connectivity index (χ1) is 28.5. The number of unbranched alkanes of at least 4 members (excludes halogenated alkanes) is 10. The molecule has 0 radical (unpaired) electrons. The zero-order chi connectivity index (χ0) is 43.5. The zero-order valence-corrected chi connectivity index (χ0v) is 36.5. The zero-order valence-electron chi connectivity index (χ0n) is 36.5. The highest BCUT2D eigenvalue weighted by Gasteiger charge is 2.21. The predicted octanol–water partition coefficient (Wildman–Crippen LogP) is 10.4. The van der Waals surface area contributed by atoms with E-state index in [0.717, 1.165) is 103 Å². The van der Waals surface area contributed by atoms with Crippen LogP contribution >= 0.6 is 0 Å². The Hall–Kier alpha value is -4.23. The van der Waals surface area contributed by atoms with E-state index in [1.165, 1.54) is 24.3 Å². The van der Waals surface area contributed by atoms with Crippen LogP contribution in [0.25, 0.3) is 0 Å². The van der Waals surface area contributed by atoms with Crippen molar-refractivity contribution in [1.82, 2.24) is 5.32 Å². The van der Waals surface area contributed by atoms with Crippen molar-refractivity contribution in [3.05, 3.63) is 34.4 Å². The number of nitro groups is 1. The number of amides is 1. The molecular weight excluding hydrogens is 760 g/mol. The van der Waals surface area contributed by atoms with Gasteiger partial charge in [0.1, 0.15) is 5.75 Å². The van der Waals surface area contributed by atoms with Crippen LogP contribution in [-0.4, -0.2) is 67.9 Å². The van der Waals surface area contributed by atoms with Gasteiger partial charge in [-0.2, -0.15) is 0 Å². The van der Waals surface area contributed by atoms with Crippen LogP contribution in [0.1, 0.15) is 169 Å². The van der Waals surface area contributed by atoms with Crippen molar-refractivity contribution >= 4 is 35.7 Å². The summed E-state index contributed by atoms with van der Waals surface area (Å²) in [6.07, 6.45) is 17.4. The van der Waals surface area contributed by atoms with Crippen LogP contribution in [0.3, 0.4) is 0 Å². The van der Waals surface area contributed by atoms with Crippen molar-refractivity contribution in [3.8, 4) is 5.75 Å². The number of rotatable bonds is 36. The average molecular weight is 835 g/mol. The Balaban J connectivity index is 2.60. The van der Waals surface area contributed by atoms with Gasteiger partial charge in [0.25, 0.3) is 5.69 Å². The number of esters is 4. The maximum absolute atomic E-state index is 12.7. The summed E-state index contributed by atoms with van der Waals surface area (Å²) < 4.78 is 27.3. The monoisotopic (exact) mass is 835 g/mol. The Bertz CT molecular complexity index is 1260. The molecule has 1 amide bonds. The fourth-order valence-electron chi connectivity index (χ4n) is 6.36. The Morgan fingerprint density at radius 1 is 0.576 bits per heavy atom. The summed E-state index contributed by atoms with van der Waals surface area (Å²) in [6.45, 7) is 8.62. The highest BCUT2D eigenvalue weighted by atomic mass is 16.6. The maximum atomic E-state index is 12.7. The molecule has 1 aromatic carbocycles. The summed E-state index contributed by atoms with van der Waals surface area (Å²) in [5.74, 6) is -2.00. The number of hydrogen-bond acceptors (Lipinski definition) is 12. The second kappa shape index (κ2) is 34.6. The average Bonchev–Trinajstić information content (AvgIpc) is 3.22. The smallest absolute Gasteiger partial charge is 0.412 e. The number of hydrogen-bond donors (Lipinski definition) is 1. The summed E-state index contributed by atoms with van der Waals surface area (Å²) >= 11 is 0. The molecular formula is C45H74N2O12. The molecule has 0 fully saturated rings. The number of carbonyl (C=O) groups excluding carboxylic acids is 5. The van der Waals surface area contributed by atoms with Crippen LogP contribution < -0.4 is 10.1 Å². The van der Waals surface area contributed by atoms with Crippen LogP contribution in [0, 0.1) is 27.9 Å². The van der Waals surface area contributed by atoms with Crippen LogP contribution in [0.5, 0.6) is 5.75 Å². The van der Waals surface area contributed by atoms with Gasteiger partial charge in [0.2, 0.25) is 0 Å². The molecule has 0 spiro atoms. The molecule has 0 bridgehead atoms. The highest BCUT2D eigenvalue weighted by molar-refractivity contribution is 5.73. The Kier molecular flexibility index (Phi) is 31.0. The molecule has 14 nitrogen and oxygen atoms in total. The molecule has 59 heavy (non-hydrogen) atoms. The van der Waals surface area contributed by atoms with Crippen LogP contribution in [0.2, 0.25) is 0 Å². The number of ether oxygens (including phenoxy) is 5. The lowest BCUT2D eigenvalue weighted by atomic mass is 9.95. The minimum absolute atomic E-state index is 0.0619. The number of nitro benzene ring substituents is 1. The van der Waals surface area contributed by atoms with Gasteiger partial charge in [-0.15, -0.1) is 0 Å². The molecule has 336 valence electrons. The van der Waals surface area contributed by atoms with Crippen molar-refractivity contribution in [2.45, 2.75) is 169 Å². The van der Waals surface area contributed by atoms with Gasteiger partial charge in [-0.3, -0.25) is 29.3 Å². The summed E-state index contributed by atoms with van der Waals surface area (Å²) in [6, 6.07) is 5.00. The van der Waals surface area contributed by atoms with E-state index >= 15 is 0 Å². The van der Waals surface area contributed by atoms with E-state index in [0.29, 0.717) is 25.7 Å². The molecule has 0 aliphatic rings. The van der Waals surface area contributed by atoms with Gasteiger partial charge in [-0.25, -0.2) is 4.79 Å². The fourth-order valence-corrected chi connectivity index (χ4v) is 6.36. The van der Waals surface area contributed by atoms with E-state index in [9.17, 15) is 34.1 Å². The van der Waals surface area contributed by atoms with Gasteiger partial charge in [0.15, 0.2) is 0 Å². The second-order valence-electron chi connectivity index (χ2n) is 15.4. The summed E-state index contributed by atoms with van der Waals surface area (Å²) in [5, 5.41) is 13.5. The molecule has 0 aliphatic carbocycles. The third-order valence-electron chi connectivity index (χ3n) is 10.1. The third-order valence-corrected chi connectivity index (χ3v) is 10.1. The molecule has 0 saturated heterocycles. The molecule has 0 heterocycles. The van der Waals surface area contributed by atoms with Crippen molar-refractivity contribution in [2.75, 3.05) is 33.0 Å². The number of nitrogens with one attached hydrogen (secondary N) is 1. The Morgan fingerprint density at radius 3 is 1.44 bits per heavy atom. The van der Waals surface area contributed by atoms with Gasteiger partial charge in [0.05, 0.1) is 43.2 Å². The van der Waals surface area contributed by atoms with Crippen molar-refractivity contribution in [1.29, 1.82) is 0 Å². The molecule has 1 N–H and O–H groups in total. The van der Waals surface area contributed by atoms with E-state index in [1.54, 1.807) is 0 Å². The van der Waals surface area contributed by atoms with E-state index in [2.05, 4.69) is 33.0 Å². The van der Waals surface area contributed by atoms with Crippen LogP contribution in [-0.2, 0) is 38.1 Å². The standard InChI is InChI=1S/C45H74N2O12/c1-5-9-13-15-23-37(21-11-7-3)43(50)55-31-19-17-25-41(48)57-34-36(33-46-45(52)59-40-29-27-39(28-30-40)47(53)54)35-58-42(49)26-18-20-32-56-44(51)38(22-12-8-4)24-16-14-10-6-2/h27-30,36-38H,5-26,31-35H2,1-4H3,(H,46,52). The normalized spacial score (nSPS) is 12.5. The lowest BCUT2D eigenvalue weighted by Gasteiger charge is -2.18. The predicted molar refractivity (Wildman–Crippen MR) is 226 cm³/mol. The Morgan fingerprint density at radius 2 is 1.02 bits per heavy atom. The first-order valence-corrected chi connectivity index (χ1v) is 22.4. The van der Waals surface area contributed by atoms with Gasteiger partial charge in [-0.05, 0) is 63.5 Å². The molecule has 1 aromatic rings. The molecule has 14 heteroatoms. The SMILES string of the molecule is CCCCCCC(CCCC)C(=O)OCCCCC(=O)OCC(CNC(=O)Oc1ccc([N+](=O)[O-])cc1)COC(=O)CCCCOC(=O)C(CCCC)CCCCCC. The van der Waals surface area contributed by atoms with E-state index in [1.807, 2.05) is 0 Å². The molecule has 2 atom stereocenters. The summed E-state index contributed by atoms with van der Waals surface area (Å²) in [4.78, 5) is 73.6. The van der Waals surface area contributed by atoms with Gasteiger partial charge in [0, 0.05) is 37.4 Å². The number of benzene rings is 1. The lowest BCUT2D eigenvalue weighted by molar-refractivity contribution is -0.384. The topological polar surface area (TPSA) is 187 Å². The molecule has 0 aromatic heterocycles. The van der Waals surface area contributed by atoms with Crippen LogP contribution in [0.4, 0.5) is 10.5 Å². The van der Waals surface area contributed by atoms with Gasteiger partial charge < -0.3 is 29.0 Å². The largest absolute Gasteiger partial charge is 0.465 e. The maximum Gasteiger partial charge on any atom is 0.412 e. The number of non-ortho nitro benzene ring substituents is 1. The number of carbonyl (C=O) groups is 5. The van der Waals surface area contributed by atoms with E-state index in [4.69, 9.17) is 23.7 Å². The van der Waals surface area contributed by atoms with Crippen molar-refractivity contribution < 1.29 is 52.6 Å². The highest BCUT2D eigenvalue weighted by Crippen LogP contribution is 2.21. The fraction of sp³-hybridized carbons (Fsp3) is 0.756. The van der Waals surface area contributed by atoms with E-state index in [-0.39, 0.29) is 81.0 Å². The second-order valence-corrected chi connectivity index (χ2v) is 15.4. The summed E-state index contributed by atoms with van der Waals surface area (Å²) in [7, 11) is 0. The molecule has 2 unspecified atom stereocenters. The van der Waals surface area contributed by atoms with Gasteiger partial charge >= 0.3 is 30.0 Å².